The second-order valence-electron chi connectivity index (χ2n) is 4.26. The van der Waals surface area contributed by atoms with Gasteiger partial charge in [-0.3, -0.25) is 4.79 Å². The van der Waals surface area contributed by atoms with Gasteiger partial charge in [0.15, 0.2) is 11.5 Å². The van der Waals surface area contributed by atoms with E-state index in [9.17, 15) is 4.79 Å². The van der Waals surface area contributed by atoms with E-state index in [2.05, 4.69) is 0 Å². The van der Waals surface area contributed by atoms with Crippen LogP contribution in [0.5, 0.6) is 11.5 Å². The number of carbonyl (C=O) groups excluding carboxylic acids is 1. The van der Waals surface area contributed by atoms with Gasteiger partial charge >= 0.3 is 5.97 Å². The smallest absolute Gasteiger partial charge is 0.326 e. The maximum absolute atomic E-state index is 11.2. The molecule has 0 heterocycles. The minimum atomic E-state index is -0.512. The van der Waals surface area contributed by atoms with Gasteiger partial charge in [0.05, 0.1) is 7.11 Å². The molecule has 4 heteroatoms. The van der Waals surface area contributed by atoms with Gasteiger partial charge in [-0.05, 0) is 23.3 Å². The number of hydrogen-bond acceptors (Lipinski definition) is 3. The Labute approximate surface area is 128 Å². The Kier molecular flexibility index (Phi) is 5.41. The van der Waals surface area contributed by atoms with E-state index in [1.54, 1.807) is 12.1 Å². The summed E-state index contributed by atoms with van der Waals surface area (Å²) in [5.74, 6) is 0.143. The van der Waals surface area contributed by atoms with Crippen LogP contribution in [0.25, 0.3) is 12.2 Å². The normalized spacial score (nSPS) is 10.6. The molecule has 0 aliphatic heterocycles. The van der Waals surface area contributed by atoms with Crippen molar-refractivity contribution in [2.75, 3.05) is 13.0 Å². The van der Waals surface area contributed by atoms with Gasteiger partial charge in [-0.15, -0.1) is 11.6 Å². The predicted octanol–water partition coefficient (Wildman–Crippen LogP) is 4.01. The highest BCUT2D eigenvalue weighted by Crippen LogP contribution is 2.29. The lowest BCUT2D eigenvalue weighted by atomic mass is 10.1. The molecule has 0 radical (unpaired) electrons. The Hall–Kier alpha value is -2.26. The summed E-state index contributed by atoms with van der Waals surface area (Å²) in [6.45, 7) is 0. The molecule has 0 saturated carbocycles. The molecule has 0 amide bonds. The number of carbonyl (C=O) groups is 1. The van der Waals surface area contributed by atoms with E-state index < -0.39 is 5.97 Å². The number of alkyl halides is 1. The number of esters is 1. The molecule has 0 aliphatic carbocycles. The summed E-state index contributed by atoms with van der Waals surface area (Å²) < 4.78 is 10.3. The maximum Gasteiger partial charge on any atom is 0.326 e. The van der Waals surface area contributed by atoms with Crippen molar-refractivity contribution in [1.29, 1.82) is 0 Å². The molecule has 0 N–H and O–H groups in total. The zero-order chi connectivity index (χ0) is 15.1. The lowest BCUT2D eigenvalue weighted by molar-refractivity contribution is -0.131. The number of benzene rings is 2. The van der Waals surface area contributed by atoms with Crippen molar-refractivity contribution in [3.8, 4) is 11.5 Å². The fourth-order valence-electron chi connectivity index (χ4n) is 1.78. The predicted molar refractivity (Wildman–Crippen MR) is 84.7 cm³/mol. The molecule has 0 aliphatic rings. The largest absolute Gasteiger partial charge is 0.493 e. The first-order valence-corrected chi connectivity index (χ1v) is 6.94. The second-order valence-corrected chi connectivity index (χ2v) is 4.53. The Morgan fingerprint density at radius 3 is 2.43 bits per heavy atom. The fourth-order valence-corrected chi connectivity index (χ4v) is 1.83. The quantitative estimate of drug-likeness (QED) is 0.362. The van der Waals surface area contributed by atoms with Crippen LogP contribution in [-0.4, -0.2) is 19.0 Å². The SMILES string of the molecule is COc1cc(/C=C/c2ccccc2)ccc1OC(=O)CCl. The van der Waals surface area contributed by atoms with Gasteiger partial charge in [0.1, 0.15) is 5.88 Å². The molecule has 0 atom stereocenters. The molecule has 0 fully saturated rings. The summed E-state index contributed by atoms with van der Waals surface area (Å²) in [7, 11) is 1.53. The van der Waals surface area contributed by atoms with Gasteiger partial charge in [-0.2, -0.15) is 0 Å². The van der Waals surface area contributed by atoms with Crippen molar-refractivity contribution in [3.63, 3.8) is 0 Å². The molecule has 0 bridgehead atoms. The highest BCUT2D eigenvalue weighted by atomic mass is 35.5. The number of hydrogen-bond donors (Lipinski definition) is 0. The van der Waals surface area contributed by atoms with Crippen LogP contribution < -0.4 is 9.47 Å². The van der Waals surface area contributed by atoms with Gasteiger partial charge < -0.3 is 9.47 Å². The summed E-state index contributed by atoms with van der Waals surface area (Å²) in [5, 5.41) is 0. The molecule has 0 spiro atoms. The van der Waals surface area contributed by atoms with Crippen LogP contribution in [0, 0.1) is 0 Å². The van der Waals surface area contributed by atoms with E-state index in [0.29, 0.717) is 11.5 Å². The fraction of sp³-hybridized carbons (Fsp3) is 0.118. The first-order chi connectivity index (χ1) is 10.2. The summed E-state index contributed by atoms with van der Waals surface area (Å²) in [6.07, 6.45) is 3.96. The zero-order valence-electron chi connectivity index (χ0n) is 11.6. The van der Waals surface area contributed by atoms with Crippen LogP contribution >= 0.6 is 11.6 Å². The van der Waals surface area contributed by atoms with E-state index in [4.69, 9.17) is 21.1 Å². The third-order valence-electron chi connectivity index (χ3n) is 2.79. The minimum Gasteiger partial charge on any atom is -0.493 e. The average Bonchev–Trinajstić information content (AvgIpc) is 2.54. The lowest BCUT2D eigenvalue weighted by Crippen LogP contribution is -2.09. The van der Waals surface area contributed by atoms with E-state index in [1.807, 2.05) is 48.6 Å². The second kappa shape index (κ2) is 7.50. The summed E-state index contributed by atoms with van der Waals surface area (Å²) in [4.78, 5) is 11.2. The highest BCUT2D eigenvalue weighted by Gasteiger charge is 2.09. The van der Waals surface area contributed by atoms with Gasteiger partial charge in [-0.1, -0.05) is 48.6 Å². The molecular weight excluding hydrogens is 288 g/mol. The van der Waals surface area contributed by atoms with Crippen LogP contribution in [-0.2, 0) is 4.79 Å². The van der Waals surface area contributed by atoms with E-state index >= 15 is 0 Å². The summed E-state index contributed by atoms with van der Waals surface area (Å²) in [6, 6.07) is 15.3. The van der Waals surface area contributed by atoms with E-state index in [0.717, 1.165) is 11.1 Å². The summed E-state index contributed by atoms with van der Waals surface area (Å²) >= 11 is 5.42. The van der Waals surface area contributed by atoms with E-state index in [-0.39, 0.29) is 5.88 Å². The first-order valence-electron chi connectivity index (χ1n) is 6.40. The number of halogens is 1. The van der Waals surface area contributed by atoms with Gasteiger partial charge in [0.2, 0.25) is 0 Å². The third kappa shape index (κ3) is 4.36. The lowest BCUT2D eigenvalue weighted by Gasteiger charge is -2.09. The maximum atomic E-state index is 11.2. The first kappa shape index (κ1) is 15.1. The number of methoxy groups -OCH3 is 1. The molecule has 21 heavy (non-hydrogen) atoms. The van der Waals surface area contributed by atoms with Crippen molar-refractivity contribution >= 4 is 29.7 Å². The van der Waals surface area contributed by atoms with Crippen molar-refractivity contribution in [2.24, 2.45) is 0 Å². The van der Waals surface area contributed by atoms with Gasteiger partial charge in [0.25, 0.3) is 0 Å². The Bertz CT molecular complexity index is 636. The standard InChI is InChI=1S/C17H15ClO3/c1-20-16-11-14(8-7-13-5-3-2-4-6-13)9-10-15(16)21-17(19)12-18/h2-11H,12H2,1H3/b8-7+. The zero-order valence-corrected chi connectivity index (χ0v) is 12.3. The van der Waals surface area contributed by atoms with Crippen LogP contribution in [0.3, 0.4) is 0 Å². The Morgan fingerprint density at radius 2 is 1.76 bits per heavy atom. The molecule has 0 saturated heterocycles. The van der Waals surface area contributed by atoms with Crippen LogP contribution in [0.1, 0.15) is 11.1 Å². The molecule has 0 unspecified atom stereocenters. The molecular formula is C17H15ClO3. The number of rotatable bonds is 5. The van der Waals surface area contributed by atoms with Crippen molar-refractivity contribution < 1.29 is 14.3 Å². The number of ether oxygens (including phenoxy) is 2. The van der Waals surface area contributed by atoms with E-state index in [1.165, 1.54) is 7.11 Å². The highest BCUT2D eigenvalue weighted by molar-refractivity contribution is 6.26. The monoisotopic (exact) mass is 302 g/mol. The third-order valence-corrected chi connectivity index (χ3v) is 3.01. The molecule has 2 rings (SSSR count). The minimum absolute atomic E-state index is 0.196. The Balaban J connectivity index is 2.19. The molecule has 108 valence electrons. The van der Waals surface area contributed by atoms with Crippen molar-refractivity contribution in [2.45, 2.75) is 0 Å². The van der Waals surface area contributed by atoms with Crippen LogP contribution in [0.2, 0.25) is 0 Å². The van der Waals surface area contributed by atoms with Crippen molar-refractivity contribution in [1.82, 2.24) is 0 Å². The van der Waals surface area contributed by atoms with Gasteiger partial charge in [-0.25, -0.2) is 0 Å². The van der Waals surface area contributed by atoms with Gasteiger partial charge in [0, 0.05) is 0 Å². The van der Waals surface area contributed by atoms with Crippen LogP contribution in [0.4, 0.5) is 0 Å². The summed E-state index contributed by atoms with van der Waals surface area (Å²) in [5.41, 5.74) is 2.05. The molecule has 0 aromatic heterocycles. The van der Waals surface area contributed by atoms with Crippen molar-refractivity contribution in [3.05, 3.63) is 59.7 Å². The van der Waals surface area contributed by atoms with Crippen LogP contribution in [0.15, 0.2) is 48.5 Å². The molecule has 3 nitrogen and oxygen atoms in total. The molecule has 2 aromatic rings. The Morgan fingerprint density at radius 1 is 1.05 bits per heavy atom. The molecule has 2 aromatic carbocycles. The topological polar surface area (TPSA) is 35.5 Å². The average molecular weight is 303 g/mol.